The normalized spacial score (nSPS) is 18.7. The van der Waals surface area contributed by atoms with Crippen molar-refractivity contribution in [2.75, 3.05) is 23.3 Å². The van der Waals surface area contributed by atoms with Crippen LogP contribution in [0.1, 0.15) is 33.1 Å². The summed E-state index contributed by atoms with van der Waals surface area (Å²) in [5.41, 5.74) is 1.63. The van der Waals surface area contributed by atoms with E-state index in [9.17, 15) is 9.59 Å². The summed E-state index contributed by atoms with van der Waals surface area (Å²) in [6.07, 6.45) is 2.93. The first-order valence-corrected chi connectivity index (χ1v) is 7.54. The summed E-state index contributed by atoms with van der Waals surface area (Å²) in [7, 11) is 0. The molecule has 1 aromatic rings. The zero-order chi connectivity index (χ0) is 15.2. The van der Waals surface area contributed by atoms with Crippen molar-refractivity contribution in [2.45, 2.75) is 39.2 Å². The maximum atomic E-state index is 12.5. The fourth-order valence-electron chi connectivity index (χ4n) is 2.57. The van der Waals surface area contributed by atoms with Crippen LogP contribution < -0.4 is 15.5 Å². The molecule has 1 unspecified atom stereocenters. The highest BCUT2D eigenvalue weighted by Crippen LogP contribution is 2.23. The van der Waals surface area contributed by atoms with Gasteiger partial charge in [-0.15, -0.1) is 0 Å². The Morgan fingerprint density at radius 3 is 2.67 bits per heavy atom. The third-order valence-corrected chi connectivity index (χ3v) is 3.58. The van der Waals surface area contributed by atoms with E-state index in [2.05, 4.69) is 17.6 Å². The third-order valence-electron chi connectivity index (χ3n) is 3.58. The molecule has 1 aromatic carbocycles. The van der Waals surface area contributed by atoms with Gasteiger partial charge in [0.25, 0.3) is 0 Å². The second-order valence-corrected chi connectivity index (χ2v) is 5.37. The predicted molar refractivity (Wildman–Crippen MR) is 84.4 cm³/mol. The molecule has 2 amide bonds. The number of hydrogen-bond acceptors (Lipinski definition) is 3. The lowest BCUT2D eigenvalue weighted by molar-refractivity contribution is -0.121. The lowest BCUT2D eigenvalue weighted by Crippen LogP contribution is -2.51. The molecule has 0 aromatic heterocycles. The fraction of sp³-hybridized carbons (Fsp3) is 0.500. The van der Waals surface area contributed by atoms with Gasteiger partial charge < -0.3 is 15.5 Å². The summed E-state index contributed by atoms with van der Waals surface area (Å²) in [6.45, 7) is 5.19. The number of anilines is 2. The molecule has 0 spiro atoms. The number of rotatable bonds is 5. The maximum absolute atomic E-state index is 12.5. The summed E-state index contributed by atoms with van der Waals surface area (Å²) >= 11 is 0. The van der Waals surface area contributed by atoms with Crippen molar-refractivity contribution in [3.8, 4) is 0 Å². The van der Waals surface area contributed by atoms with Crippen molar-refractivity contribution in [3.05, 3.63) is 24.3 Å². The Bertz CT molecular complexity index is 499. The first kappa shape index (κ1) is 15.5. The van der Waals surface area contributed by atoms with Gasteiger partial charge in [0.15, 0.2) is 0 Å². The molecule has 0 radical (unpaired) electrons. The monoisotopic (exact) mass is 289 g/mol. The van der Waals surface area contributed by atoms with E-state index in [-0.39, 0.29) is 17.9 Å². The smallest absolute Gasteiger partial charge is 0.244 e. The molecule has 5 nitrogen and oxygen atoms in total. The first-order valence-electron chi connectivity index (χ1n) is 7.54. The summed E-state index contributed by atoms with van der Waals surface area (Å²) in [5, 5.41) is 6.04. The molecule has 0 saturated carbocycles. The van der Waals surface area contributed by atoms with Gasteiger partial charge in [-0.2, -0.15) is 0 Å². The van der Waals surface area contributed by atoms with Crippen molar-refractivity contribution in [1.29, 1.82) is 0 Å². The van der Waals surface area contributed by atoms with Gasteiger partial charge in [0.05, 0.1) is 6.04 Å². The Morgan fingerprint density at radius 1 is 1.33 bits per heavy atom. The van der Waals surface area contributed by atoms with Gasteiger partial charge >= 0.3 is 0 Å². The Hall–Kier alpha value is -1.88. The predicted octanol–water partition coefficient (Wildman–Crippen LogP) is 2.14. The Morgan fingerprint density at radius 2 is 2.05 bits per heavy atom. The molecule has 2 rings (SSSR count). The van der Waals surface area contributed by atoms with Gasteiger partial charge in [0.2, 0.25) is 11.8 Å². The van der Waals surface area contributed by atoms with Crippen LogP contribution in [0.3, 0.4) is 0 Å². The molecule has 114 valence electrons. The lowest BCUT2D eigenvalue weighted by atomic mass is 10.0. The number of carbonyl (C=O) groups excluding carboxylic acids is 2. The summed E-state index contributed by atoms with van der Waals surface area (Å²) in [6, 6.07) is 7.34. The molecule has 1 aliphatic rings. The van der Waals surface area contributed by atoms with Crippen LogP contribution in [0.5, 0.6) is 0 Å². The zero-order valence-corrected chi connectivity index (χ0v) is 12.7. The van der Waals surface area contributed by atoms with E-state index in [1.807, 2.05) is 29.2 Å². The van der Waals surface area contributed by atoms with E-state index < -0.39 is 0 Å². The summed E-state index contributed by atoms with van der Waals surface area (Å²) in [5.74, 6) is 0.0441. The minimum Gasteiger partial charge on any atom is -0.326 e. The van der Waals surface area contributed by atoms with Gasteiger partial charge in [-0.25, -0.2) is 0 Å². The molecule has 2 N–H and O–H groups in total. The number of piperidine rings is 1. The van der Waals surface area contributed by atoms with Crippen LogP contribution in [0.25, 0.3) is 0 Å². The van der Waals surface area contributed by atoms with E-state index in [1.54, 1.807) is 0 Å². The van der Waals surface area contributed by atoms with E-state index in [0.29, 0.717) is 0 Å². The molecule has 1 saturated heterocycles. The van der Waals surface area contributed by atoms with Gasteiger partial charge in [-0.05, 0) is 50.1 Å². The number of nitrogens with one attached hydrogen (secondary N) is 2. The average molecular weight is 289 g/mol. The molecule has 1 fully saturated rings. The minimum absolute atomic E-state index is 0.0753. The quantitative estimate of drug-likeness (QED) is 0.873. The molecule has 1 heterocycles. The molecule has 1 atom stereocenters. The van der Waals surface area contributed by atoms with Crippen molar-refractivity contribution >= 4 is 23.2 Å². The first-order chi connectivity index (χ1) is 10.1. The largest absolute Gasteiger partial charge is 0.326 e. The number of nitrogens with zero attached hydrogens (tertiary/aromatic N) is 1. The Kier molecular flexibility index (Phi) is 5.33. The highest BCUT2D eigenvalue weighted by Gasteiger charge is 2.28. The van der Waals surface area contributed by atoms with Crippen LogP contribution in [0.15, 0.2) is 24.3 Å². The van der Waals surface area contributed by atoms with Crippen molar-refractivity contribution in [3.63, 3.8) is 0 Å². The second kappa shape index (κ2) is 7.22. The number of benzene rings is 1. The molecular formula is C16H23N3O2. The molecule has 1 aliphatic heterocycles. The van der Waals surface area contributed by atoms with Gasteiger partial charge in [0, 0.05) is 24.8 Å². The molecule has 0 bridgehead atoms. The number of hydrogen-bond donors (Lipinski definition) is 2. The van der Waals surface area contributed by atoms with Gasteiger partial charge in [0.1, 0.15) is 0 Å². The standard InChI is InChI=1S/C16H23N3O2/c1-3-10-17-15-5-4-11-19(16(15)21)14-8-6-13(7-9-14)18-12(2)20/h6-9,15,17H,3-5,10-11H2,1-2H3,(H,18,20). The maximum Gasteiger partial charge on any atom is 0.244 e. The van der Waals surface area contributed by atoms with Gasteiger partial charge in [-0.3, -0.25) is 9.59 Å². The van der Waals surface area contributed by atoms with Crippen LogP contribution in [-0.4, -0.2) is 30.9 Å². The van der Waals surface area contributed by atoms with E-state index in [0.717, 1.165) is 43.7 Å². The highest BCUT2D eigenvalue weighted by molar-refractivity contribution is 5.98. The van der Waals surface area contributed by atoms with Crippen molar-refractivity contribution < 1.29 is 9.59 Å². The molecule has 21 heavy (non-hydrogen) atoms. The Labute approximate surface area is 125 Å². The average Bonchev–Trinajstić information content (AvgIpc) is 2.47. The topological polar surface area (TPSA) is 61.4 Å². The molecular weight excluding hydrogens is 266 g/mol. The Balaban J connectivity index is 2.06. The summed E-state index contributed by atoms with van der Waals surface area (Å²) < 4.78 is 0. The highest BCUT2D eigenvalue weighted by atomic mass is 16.2. The van der Waals surface area contributed by atoms with E-state index >= 15 is 0 Å². The summed E-state index contributed by atoms with van der Waals surface area (Å²) in [4.78, 5) is 25.3. The third kappa shape index (κ3) is 4.04. The number of carbonyl (C=O) groups is 2. The van der Waals surface area contributed by atoms with Crippen LogP contribution in [0, 0.1) is 0 Å². The molecule has 0 aliphatic carbocycles. The van der Waals surface area contributed by atoms with Crippen LogP contribution >= 0.6 is 0 Å². The van der Waals surface area contributed by atoms with Crippen molar-refractivity contribution in [1.82, 2.24) is 5.32 Å². The van der Waals surface area contributed by atoms with Crippen LogP contribution in [-0.2, 0) is 9.59 Å². The SMILES string of the molecule is CCCNC1CCCN(c2ccc(NC(C)=O)cc2)C1=O. The van der Waals surface area contributed by atoms with Gasteiger partial charge in [-0.1, -0.05) is 6.92 Å². The van der Waals surface area contributed by atoms with Crippen LogP contribution in [0.4, 0.5) is 11.4 Å². The number of amides is 2. The fourth-order valence-corrected chi connectivity index (χ4v) is 2.57. The zero-order valence-electron chi connectivity index (χ0n) is 12.7. The molecule has 5 heteroatoms. The van der Waals surface area contributed by atoms with Crippen molar-refractivity contribution in [2.24, 2.45) is 0 Å². The second-order valence-electron chi connectivity index (χ2n) is 5.37. The lowest BCUT2D eigenvalue weighted by Gasteiger charge is -2.32. The minimum atomic E-state index is -0.0966. The van der Waals surface area contributed by atoms with Crippen LogP contribution in [0.2, 0.25) is 0 Å². The van der Waals surface area contributed by atoms with E-state index in [4.69, 9.17) is 0 Å². The van der Waals surface area contributed by atoms with E-state index in [1.165, 1.54) is 6.92 Å².